The highest BCUT2D eigenvalue weighted by Crippen LogP contribution is 2.17. The quantitative estimate of drug-likeness (QED) is 0.897. The van der Waals surface area contributed by atoms with Crippen molar-refractivity contribution in [3.63, 3.8) is 0 Å². The molecule has 0 unspecified atom stereocenters. The number of nitriles is 1. The highest BCUT2D eigenvalue weighted by atomic mass is 16.4. The molecule has 0 aliphatic carbocycles. The summed E-state index contributed by atoms with van der Waals surface area (Å²) in [4.78, 5) is 26.6. The molecule has 0 spiro atoms. The van der Waals surface area contributed by atoms with Crippen LogP contribution in [0.25, 0.3) is 0 Å². The second kappa shape index (κ2) is 5.84. The van der Waals surface area contributed by atoms with E-state index in [2.05, 4.69) is 10.3 Å². The molecular formula is C15H11N3O3. The highest BCUT2D eigenvalue weighted by Gasteiger charge is 2.11. The Labute approximate surface area is 120 Å². The van der Waals surface area contributed by atoms with Gasteiger partial charge in [0.2, 0.25) is 0 Å². The molecule has 0 bridgehead atoms. The average molecular weight is 281 g/mol. The first-order valence-electron chi connectivity index (χ1n) is 6.02. The van der Waals surface area contributed by atoms with E-state index in [4.69, 9.17) is 10.4 Å². The monoisotopic (exact) mass is 281 g/mol. The van der Waals surface area contributed by atoms with Gasteiger partial charge in [0, 0.05) is 11.9 Å². The summed E-state index contributed by atoms with van der Waals surface area (Å²) in [5.74, 6) is -1.57. The average Bonchev–Trinajstić information content (AvgIpc) is 2.49. The van der Waals surface area contributed by atoms with E-state index in [1.807, 2.05) is 6.07 Å². The van der Waals surface area contributed by atoms with Crippen LogP contribution in [0.1, 0.15) is 32.0 Å². The predicted octanol–water partition coefficient (Wildman–Crippen LogP) is 2.21. The van der Waals surface area contributed by atoms with Crippen molar-refractivity contribution in [1.29, 1.82) is 5.26 Å². The zero-order valence-electron chi connectivity index (χ0n) is 11.1. The van der Waals surface area contributed by atoms with Gasteiger partial charge in [0.25, 0.3) is 5.91 Å². The van der Waals surface area contributed by atoms with Gasteiger partial charge in [-0.25, -0.2) is 4.79 Å². The lowest BCUT2D eigenvalue weighted by Gasteiger charge is -2.08. The fourth-order valence-electron chi connectivity index (χ4n) is 1.67. The third-order valence-electron chi connectivity index (χ3n) is 2.86. The molecular weight excluding hydrogens is 270 g/mol. The maximum Gasteiger partial charge on any atom is 0.337 e. The number of hydrogen-bond donors (Lipinski definition) is 2. The van der Waals surface area contributed by atoms with Crippen LogP contribution in [0.2, 0.25) is 0 Å². The van der Waals surface area contributed by atoms with Crippen molar-refractivity contribution in [3.05, 3.63) is 58.9 Å². The molecule has 0 fully saturated rings. The first-order chi connectivity index (χ1) is 10.0. The predicted molar refractivity (Wildman–Crippen MR) is 75.0 cm³/mol. The molecule has 0 saturated heterocycles. The number of nitrogens with one attached hydrogen (secondary N) is 1. The normalized spacial score (nSPS) is 9.71. The maximum atomic E-state index is 12.0. The van der Waals surface area contributed by atoms with E-state index in [1.54, 1.807) is 25.1 Å². The van der Waals surface area contributed by atoms with Crippen molar-refractivity contribution in [2.75, 3.05) is 5.32 Å². The number of hydrogen-bond acceptors (Lipinski definition) is 4. The Kier molecular flexibility index (Phi) is 3.95. The molecule has 2 rings (SSSR count). The van der Waals surface area contributed by atoms with Gasteiger partial charge in [0.15, 0.2) is 0 Å². The van der Waals surface area contributed by atoms with Crippen molar-refractivity contribution in [3.8, 4) is 6.07 Å². The topological polar surface area (TPSA) is 103 Å². The van der Waals surface area contributed by atoms with Crippen molar-refractivity contribution in [2.45, 2.75) is 6.92 Å². The molecule has 1 amide bonds. The lowest BCUT2D eigenvalue weighted by molar-refractivity contribution is 0.0696. The number of carboxylic acid groups (broad SMARTS) is 1. The van der Waals surface area contributed by atoms with Crippen LogP contribution in [0.4, 0.5) is 5.69 Å². The van der Waals surface area contributed by atoms with Gasteiger partial charge in [-0.05, 0) is 36.8 Å². The third kappa shape index (κ3) is 3.22. The number of pyridine rings is 1. The van der Waals surface area contributed by atoms with E-state index in [1.165, 1.54) is 12.1 Å². The Morgan fingerprint density at radius 1 is 1.29 bits per heavy atom. The van der Waals surface area contributed by atoms with Crippen LogP contribution in [0, 0.1) is 18.3 Å². The number of carbonyl (C=O) groups is 2. The third-order valence-corrected chi connectivity index (χ3v) is 2.86. The molecule has 1 heterocycles. The number of aryl methyl sites for hydroxylation is 1. The number of carbonyl (C=O) groups excluding carboxylic acids is 1. The summed E-state index contributed by atoms with van der Waals surface area (Å²) in [5, 5.41) is 20.3. The molecule has 6 heteroatoms. The number of rotatable bonds is 3. The van der Waals surface area contributed by atoms with Crippen LogP contribution in [-0.4, -0.2) is 22.0 Å². The minimum atomic E-state index is -1.10. The first-order valence-corrected chi connectivity index (χ1v) is 6.02. The Morgan fingerprint density at radius 3 is 2.62 bits per heavy atom. The minimum absolute atomic E-state index is 0.00853. The van der Waals surface area contributed by atoms with Crippen molar-refractivity contribution >= 4 is 17.6 Å². The highest BCUT2D eigenvalue weighted by molar-refractivity contribution is 6.03. The number of anilines is 1. The zero-order valence-corrected chi connectivity index (χ0v) is 11.1. The molecule has 0 aliphatic heterocycles. The van der Waals surface area contributed by atoms with Crippen LogP contribution < -0.4 is 5.32 Å². The van der Waals surface area contributed by atoms with Crippen LogP contribution in [0.15, 0.2) is 36.5 Å². The summed E-state index contributed by atoms with van der Waals surface area (Å²) in [7, 11) is 0. The smallest absolute Gasteiger partial charge is 0.337 e. The number of amides is 1. The van der Waals surface area contributed by atoms with E-state index >= 15 is 0 Å². The molecule has 0 radical (unpaired) electrons. The molecule has 21 heavy (non-hydrogen) atoms. The second-order valence-electron chi connectivity index (χ2n) is 4.33. The number of benzene rings is 1. The van der Waals surface area contributed by atoms with Gasteiger partial charge in [-0.1, -0.05) is 6.07 Å². The SMILES string of the molecule is Cc1ccc(C#N)cc1NC(=O)c1ccc(C(=O)O)cn1. The van der Waals surface area contributed by atoms with Crippen molar-refractivity contribution in [2.24, 2.45) is 0 Å². The van der Waals surface area contributed by atoms with Crippen LogP contribution in [0.3, 0.4) is 0 Å². The molecule has 2 N–H and O–H groups in total. The van der Waals surface area contributed by atoms with E-state index < -0.39 is 11.9 Å². The molecule has 2 aromatic rings. The number of aromatic carboxylic acids is 1. The van der Waals surface area contributed by atoms with Gasteiger partial charge in [0.1, 0.15) is 5.69 Å². The molecule has 1 aromatic carbocycles. The second-order valence-corrected chi connectivity index (χ2v) is 4.33. The molecule has 6 nitrogen and oxygen atoms in total. The van der Waals surface area contributed by atoms with Gasteiger partial charge in [-0.2, -0.15) is 5.26 Å². The molecule has 0 saturated carbocycles. The summed E-state index contributed by atoms with van der Waals surface area (Å²) in [6.45, 7) is 1.80. The minimum Gasteiger partial charge on any atom is -0.478 e. The Hall–Kier alpha value is -3.20. The summed E-state index contributed by atoms with van der Waals surface area (Å²) in [6, 6.07) is 9.60. The van der Waals surface area contributed by atoms with Crippen molar-refractivity contribution in [1.82, 2.24) is 4.98 Å². The van der Waals surface area contributed by atoms with Gasteiger partial charge in [-0.15, -0.1) is 0 Å². The Bertz CT molecular complexity index is 746. The largest absolute Gasteiger partial charge is 0.478 e. The van der Waals surface area contributed by atoms with Gasteiger partial charge >= 0.3 is 5.97 Å². The number of aromatic nitrogens is 1. The molecule has 0 atom stereocenters. The standard InChI is InChI=1S/C15H11N3O3/c1-9-2-3-10(7-16)6-13(9)18-14(19)12-5-4-11(8-17-12)15(20)21/h2-6,8H,1H3,(H,18,19)(H,20,21). The zero-order chi connectivity index (χ0) is 15.4. The van der Waals surface area contributed by atoms with E-state index in [0.717, 1.165) is 11.8 Å². The molecule has 1 aromatic heterocycles. The fourth-order valence-corrected chi connectivity index (χ4v) is 1.67. The Morgan fingerprint density at radius 2 is 2.05 bits per heavy atom. The molecule has 0 aliphatic rings. The van der Waals surface area contributed by atoms with Gasteiger partial charge < -0.3 is 10.4 Å². The number of carboxylic acids is 1. The van der Waals surface area contributed by atoms with Crippen molar-refractivity contribution < 1.29 is 14.7 Å². The van der Waals surface area contributed by atoms with Crippen LogP contribution in [-0.2, 0) is 0 Å². The van der Waals surface area contributed by atoms with Gasteiger partial charge in [-0.3, -0.25) is 9.78 Å². The summed E-state index contributed by atoms with van der Waals surface area (Å²) < 4.78 is 0. The number of nitrogens with zero attached hydrogens (tertiary/aromatic N) is 2. The first kappa shape index (κ1) is 14.2. The lowest BCUT2D eigenvalue weighted by Crippen LogP contribution is -2.15. The maximum absolute atomic E-state index is 12.0. The van der Waals surface area contributed by atoms with Crippen LogP contribution >= 0.6 is 0 Å². The summed E-state index contributed by atoms with van der Waals surface area (Å²) >= 11 is 0. The van der Waals surface area contributed by atoms with E-state index in [-0.39, 0.29) is 11.3 Å². The van der Waals surface area contributed by atoms with Crippen LogP contribution in [0.5, 0.6) is 0 Å². The summed E-state index contributed by atoms with van der Waals surface area (Å²) in [6.07, 6.45) is 1.12. The van der Waals surface area contributed by atoms with Gasteiger partial charge in [0.05, 0.1) is 17.2 Å². The lowest BCUT2D eigenvalue weighted by atomic mass is 10.1. The molecule has 104 valence electrons. The fraction of sp³-hybridized carbons (Fsp3) is 0.0667. The summed E-state index contributed by atoms with van der Waals surface area (Å²) in [5.41, 5.74) is 1.87. The Balaban J connectivity index is 2.22. The van der Waals surface area contributed by atoms with E-state index in [9.17, 15) is 9.59 Å². The van der Waals surface area contributed by atoms with E-state index in [0.29, 0.717) is 11.3 Å².